The number of rotatable bonds is 6. The zero-order valence-electron chi connectivity index (χ0n) is 12.8. The molecule has 0 saturated carbocycles. The summed E-state index contributed by atoms with van der Waals surface area (Å²) in [5, 5.41) is 3.37. The molecule has 4 nitrogen and oxygen atoms in total. The fourth-order valence-electron chi connectivity index (χ4n) is 2.87. The number of amides is 1. The highest BCUT2D eigenvalue weighted by Crippen LogP contribution is 2.22. The van der Waals surface area contributed by atoms with Gasteiger partial charge < -0.3 is 14.8 Å². The van der Waals surface area contributed by atoms with Crippen LogP contribution in [0.4, 0.5) is 0 Å². The average molecular weight is 277 g/mol. The van der Waals surface area contributed by atoms with Gasteiger partial charge in [-0.15, -0.1) is 0 Å². The Bertz CT molecular complexity index is 421. The van der Waals surface area contributed by atoms with E-state index >= 15 is 0 Å². The standard InChI is InChI=1S/C16H27N3O/c1-3-4-5-12-18(2)16(20)15-7-6-13-19(15)14-8-10-17-11-9-14/h6-7,13-14,17H,3-5,8-12H2,1-2H3. The van der Waals surface area contributed by atoms with E-state index in [9.17, 15) is 4.79 Å². The van der Waals surface area contributed by atoms with Crippen LogP contribution in [0.1, 0.15) is 55.6 Å². The summed E-state index contributed by atoms with van der Waals surface area (Å²) >= 11 is 0. The molecule has 1 aliphatic rings. The van der Waals surface area contributed by atoms with Crippen LogP contribution in [-0.4, -0.2) is 42.1 Å². The SMILES string of the molecule is CCCCCN(C)C(=O)c1cccn1C1CCNCC1. The van der Waals surface area contributed by atoms with Gasteiger partial charge in [0.05, 0.1) is 0 Å². The van der Waals surface area contributed by atoms with Crippen LogP contribution in [0.15, 0.2) is 18.3 Å². The highest BCUT2D eigenvalue weighted by atomic mass is 16.2. The second-order valence-electron chi connectivity index (χ2n) is 5.72. The number of unbranched alkanes of at least 4 members (excludes halogenated alkanes) is 2. The van der Waals surface area contributed by atoms with Crippen LogP contribution < -0.4 is 5.32 Å². The van der Waals surface area contributed by atoms with Crippen LogP contribution in [0, 0.1) is 0 Å². The van der Waals surface area contributed by atoms with Crippen LogP contribution in [0.2, 0.25) is 0 Å². The summed E-state index contributed by atoms with van der Waals surface area (Å²) in [6.07, 6.45) is 7.74. The van der Waals surface area contributed by atoms with Gasteiger partial charge in [0.15, 0.2) is 0 Å². The van der Waals surface area contributed by atoms with E-state index < -0.39 is 0 Å². The number of hydrogen-bond donors (Lipinski definition) is 1. The number of piperidine rings is 1. The van der Waals surface area contributed by atoms with Crippen molar-refractivity contribution in [3.63, 3.8) is 0 Å². The summed E-state index contributed by atoms with van der Waals surface area (Å²) in [4.78, 5) is 14.4. The van der Waals surface area contributed by atoms with Gasteiger partial charge in [-0.1, -0.05) is 19.8 Å². The monoisotopic (exact) mass is 277 g/mol. The first-order chi connectivity index (χ1) is 9.74. The summed E-state index contributed by atoms with van der Waals surface area (Å²) in [5.41, 5.74) is 0.843. The van der Waals surface area contributed by atoms with Gasteiger partial charge in [0.1, 0.15) is 5.69 Å². The second kappa shape index (κ2) is 7.48. The number of aromatic nitrogens is 1. The first-order valence-corrected chi connectivity index (χ1v) is 7.87. The van der Waals surface area contributed by atoms with Crippen molar-refractivity contribution in [1.29, 1.82) is 0 Å². The van der Waals surface area contributed by atoms with Crippen molar-refractivity contribution < 1.29 is 4.79 Å². The van der Waals surface area contributed by atoms with Gasteiger partial charge in [0.2, 0.25) is 0 Å². The Morgan fingerprint density at radius 3 is 2.85 bits per heavy atom. The van der Waals surface area contributed by atoms with Crippen LogP contribution in [-0.2, 0) is 0 Å². The van der Waals surface area contributed by atoms with Crippen molar-refractivity contribution in [3.05, 3.63) is 24.0 Å². The number of carbonyl (C=O) groups is 1. The van der Waals surface area contributed by atoms with Crippen LogP contribution in [0.25, 0.3) is 0 Å². The molecule has 0 radical (unpaired) electrons. The van der Waals surface area contributed by atoms with Crippen molar-refractivity contribution in [2.75, 3.05) is 26.7 Å². The van der Waals surface area contributed by atoms with E-state index in [-0.39, 0.29) is 5.91 Å². The fourth-order valence-corrected chi connectivity index (χ4v) is 2.87. The Balaban J connectivity index is 2.00. The largest absolute Gasteiger partial charge is 0.340 e. The second-order valence-corrected chi connectivity index (χ2v) is 5.72. The van der Waals surface area contributed by atoms with E-state index in [2.05, 4.69) is 23.0 Å². The first kappa shape index (κ1) is 15.1. The molecule has 2 rings (SSSR count). The molecule has 0 bridgehead atoms. The molecule has 0 aromatic carbocycles. The van der Waals surface area contributed by atoms with Crippen LogP contribution in [0.3, 0.4) is 0 Å². The molecule has 0 spiro atoms. The maximum atomic E-state index is 12.6. The summed E-state index contributed by atoms with van der Waals surface area (Å²) in [6, 6.07) is 4.42. The molecule has 1 fully saturated rings. The lowest BCUT2D eigenvalue weighted by Crippen LogP contribution is -2.33. The van der Waals surface area contributed by atoms with Crippen LogP contribution >= 0.6 is 0 Å². The zero-order valence-corrected chi connectivity index (χ0v) is 12.8. The molecule has 0 unspecified atom stereocenters. The minimum Gasteiger partial charge on any atom is -0.340 e. The van der Waals surface area contributed by atoms with E-state index in [4.69, 9.17) is 0 Å². The lowest BCUT2D eigenvalue weighted by molar-refractivity contribution is 0.0778. The normalized spacial score (nSPS) is 16.3. The van der Waals surface area contributed by atoms with Gasteiger partial charge in [-0.05, 0) is 44.5 Å². The molecular weight excluding hydrogens is 250 g/mol. The maximum Gasteiger partial charge on any atom is 0.270 e. The maximum absolute atomic E-state index is 12.6. The van der Waals surface area contributed by atoms with Crippen molar-refractivity contribution >= 4 is 5.91 Å². The number of nitrogens with one attached hydrogen (secondary N) is 1. The Morgan fingerprint density at radius 2 is 2.15 bits per heavy atom. The predicted octanol–water partition coefficient (Wildman–Crippen LogP) is 2.67. The summed E-state index contributed by atoms with van der Waals surface area (Å²) in [7, 11) is 1.91. The first-order valence-electron chi connectivity index (χ1n) is 7.87. The zero-order chi connectivity index (χ0) is 14.4. The van der Waals surface area contributed by atoms with Gasteiger partial charge >= 0.3 is 0 Å². The third kappa shape index (κ3) is 3.63. The number of carbonyl (C=O) groups excluding carboxylic acids is 1. The van der Waals surface area contributed by atoms with Crippen LogP contribution in [0.5, 0.6) is 0 Å². The topological polar surface area (TPSA) is 37.3 Å². The molecule has 112 valence electrons. The van der Waals surface area contributed by atoms with E-state index in [0.29, 0.717) is 6.04 Å². The quantitative estimate of drug-likeness (QED) is 0.812. The third-order valence-corrected chi connectivity index (χ3v) is 4.14. The van der Waals surface area contributed by atoms with Gasteiger partial charge in [0.25, 0.3) is 5.91 Å². The predicted molar refractivity (Wildman–Crippen MR) is 82.1 cm³/mol. The molecule has 1 saturated heterocycles. The van der Waals surface area contributed by atoms with Gasteiger partial charge in [-0.25, -0.2) is 0 Å². The van der Waals surface area contributed by atoms with Crippen molar-refractivity contribution in [2.24, 2.45) is 0 Å². The summed E-state index contributed by atoms with van der Waals surface area (Å²) in [6.45, 7) is 5.12. The molecule has 1 amide bonds. The minimum absolute atomic E-state index is 0.157. The van der Waals surface area contributed by atoms with E-state index in [1.54, 1.807) is 0 Å². The highest BCUT2D eigenvalue weighted by molar-refractivity contribution is 5.92. The van der Waals surface area contributed by atoms with Gasteiger partial charge in [-0.3, -0.25) is 4.79 Å². The molecule has 1 aromatic rings. The Kier molecular flexibility index (Phi) is 5.65. The lowest BCUT2D eigenvalue weighted by atomic mass is 10.1. The molecule has 2 heterocycles. The number of hydrogen-bond acceptors (Lipinski definition) is 2. The molecule has 0 atom stereocenters. The third-order valence-electron chi connectivity index (χ3n) is 4.14. The molecular formula is C16H27N3O. The molecule has 1 N–H and O–H groups in total. The summed E-state index contributed by atoms with van der Waals surface area (Å²) in [5.74, 6) is 0.157. The Labute approximate surface area is 122 Å². The van der Waals surface area contributed by atoms with Gasteiger partial charge in [0, 0.05) is 25.8 Å². The molecule has 1 aromatic heterocycles. The molecule has 20 heavy (non-hydrogen) atoms. The summed E-state index contributed by atoms with van der Waals surface area (Å²) < 4.78 is 2.18. The fraction of sp³-hybridized carbons (Fsp3) is 0.688. The van der Waals surface area contributed by atoms with Gasteiger partial charge in [-0.2, -0.15) is 0 Å². The lowest BCUT2D eigenvalue weighted by Gasteiger charge is -2.27. The number of nitrogens with zero attached hydrogens (tertiary/aromatic N) is 2. The Hall–Kier alpha value is -1.29. The van der Waals surface area contributed by atoms with E-state index in [1.165, 1.54) is 12.8 Å². The average Bonchev–Trinajstić information content (AvgIpc) is 2.97. The Morgan fingerprint density at radius 1 is 1.40 bits per heavy atom. The smallest absolute Gasteiger partial charge is 0.270 e. The van der Waals surface area contributed by atoms with Crippen molar-refractivity contribution in [1.82, 2.24) is 14.8 Å². The molecule has 1 aliphatic heterocycles. The molecule has 4 heteroatoms. The van der Waals surface area contributed by atoms with Crippen molar-refractivity contribution in [3.8, 4) is 0 Å². The van der Waals surface area contributed by atoms with Crippen molar-refractivity contribution in [2.45, 2.75) is 45.1 Å². The highest BCUT2D eigenvalue weighted by Gasteiger charge is 2.21. The molecule has 0 aliphatic carbocycles. The van der Waals surface area contributed by atoms with E-state index in [1.807, 2.05) is 24.1 Å². The van der Waals surface area contributed by atoms with E-state index in [0.717, 1.165) is 44.6 Å². The minimum atomic E-state index is 0.157.